The van der Waals surface area contributed by atoms with Crippen molar-refractivity contribution >= 4 is 69.7 Å². The van der Waals surface area contributed by atoms with E-state index in [1.165, 1.54) is 12.8 Å². The number of aliphatic carboxylic acids is 2. The number of sulfonamides is 2. The Balaban J connectivity index is -0.000000529. The second-order valence-electron chi connectivity index (χ2n) is 7.56. The van der Waals surface area contributed by atoms with Crippen molar-refractivity contribution in [2.75, 3.05) is 24.6 Å². The maximum absolute atomic E-state index is 11.2. The first-order chi connectivity index (χ1) is 15.0. The standard InChI is InChI=1S/2C10H21NO4S.Ca/c2*1-2-3-4-5-6-7-8-16(14,15)11-9-10(12)13;/h2*11H,2-9H2,1H3,(H,12,13);/q;;+2/p-2. The molecule has 0 aromatic heterocycles. The van der Waals surface area contributed by atoms with Crippen LogP contribution in [-0.4, -0.2) is 91.1 Å². The van der Waals surface area contributed by atoms with Gasteiger partial charge >= 0.3 is 37.7 Å². The molecular formula is C20H40CaN2O8S2. The molecule has 13 heteroatoms. The molecule has 10 nitrogen and oxygen atoms in total. The van der Waals surface area contributed by atoms with Crippen molar-refractivity contribution in [3.05, 3.63) is 0 Å². The first-order valence-electron chi connectivity index (χ1n) is 11.3. The third-order valence-electron chi connectivity index (χ3n) is 4.41. The molecule has 0 bridgehead atoms. The Morgan fingerprint density at radius 3 is 1.12 bits per heavy atom. The molecule has 0 saturated carbocycles. The SMILES string of the molecule is CCCCCCCCS(=O)(=O)NCC(=O)[O-].CCCCCCCCS(=O)(=O)NCC(=O)[O-].[Ca+2]. The molecule has 0 aliphatic rings. The van der Waals surface area contributed by atoms with Crippen LogP contribution in [0.2, 0.25) is 0 Å². The van der Waals surface area contributed by atoms with Gasteiger partial charge in [0.05, 0.1) is 36.5 Å². The summed E-state index contributed by atoms with van der Waals surface area (Å²) < 4.78 is 48.8. The molecule has 192 valence electrons. The van der Waals surface area contributed by atoms with Crippen LogP contribution in [0.15, 0.2) is 0 Å². The van der Waals surface area contributed by atoms with Gasteiger partial charge in [-0.3, -0.25) is 0 Å². The quantitative estimate of drug-likeness (QED) is 0.156. The van der Waals surface area contributed by atoms with Crippen LogP contribution in [0.4, 0.5) is 0 Å². The zero-order chi connectivity index (χ0) is 24.9. The van der Waals surface area contributed by atoms with Gasteiger partial charge in [0.2, 0.25) is 20.0 Å². The summed E-state index contributed by atoms with van der Waals surface area (Å²) in [6.07, 6.45) is 11.9. The Kier molecular flexibility index (Phi) is 27.0. The second-order valence-corrected chi connectivity index (χ2v) is 11.4. The average Bonchev–Trinajstić information content (AvgIpc) is 2.71. The number of rotatable bonds is 20. The van der Waals surface area contributed by atoms with Crippen molar-refractivity contribution in [3.8, 4) is 0 Å². The number of carbonyl (C=O) groups excluding carboxylic acids is 2. The smallest absolute Gasteiger partial charge is 0.549 e. The van der Waals surface area contributed by atoms with Crippen LogP contribution in [0.1, 0.15) is 90.9 Å². The number of carboxylic acid groups (broad SMARTS) is 2. The Labute approximate surface area is 229 Å². The van der Waals surface area contributed by atoms with Gasteiger partial charge in [0.25, 0.3) is 0 Å². The number of carbonyl (C=O) groups is 2. The molecular weight excluding hydrogens is 500 g/mol. The molecule has 2 N–H and O–H groups in total. The zero-order valence-corrected chi connectivity index (χ0v) is 23.9. The van der Waals surface area contributed by atoms with Crippen LogP contribution in [0.25, 0.3) is 0 Å². The first-order valence-corrected chi connectivity index (χ1v) is 14.6. The van der Waals surface area contributed by atoms with Gasteiger partial charge in [-0.1, -0.05) is 78.1 Å². The molecule has 33 heavy (non-hydrogen) atoms. The third kappa shape index (κ3) is 32.0. The molecule has 0 aliphatic heterocycles. The molecule has 0 spiro atoms. The fraction of sp³-hybridized carbons (Fsp3) is 0.900. The van der Waals surface area contributed by atoms with Crippen molar-refractivity contribution in [2.24, 2.45) is 0 Å². The minimum Gasteiger partial charge on any atom is -0.549 e. The molecule has 0 aliphatic carbocycles. The van der Waals surface area contributed by atoms with E-state index in [1.807, 2.05) is 9.44 Å². The van der Waals surface area contributed by atoms with Gasteiger partial charge in [0.15, 0.2) is 0 Å². The Hall–Kier alpha value is 0.0197. The van der Waals surface area contributed by atoms with E-state index in [4.69, 9.17) is 0 Å². The number of carboxylic acids is 2. The molecule has 0 aromatic rings. The number of nitrogens with one attached hydrogen (secondary N) is 2. The van der Waals surface area contributed by atoms with Crippen LogP contribution in [-0.2, 0) is 29.6 Å². The zero-order valence-electron chi connectivity index (χ0n) is 20.1. The van der Waals surface area contributed by atoms with Gasteiger partial charge in [-0.25, -0.2) is 26.3 Å². The van der Waals surface area contributed by atoms with Gasteiger partial charge in [-0.2, -0.15) is 0 Å². The Morgan fingerprint density at radius 1 is 0.576 bits per heavy atom. The minimum atomic E-state index is -3.44. The molecule has 0 heterocycles. The van der Waals surface area contributed by atoms with E-state index in [1.54, 1.807) is 0 Å². The predicted octanol–water partition coefficient (Wildman–Crippen LogP) is -0.348. The van der Waals surface area contributed by atoms with E-state index in [2.05, 4.69) is 13.8 Å². The number of unbranched alkanes of at least 4 members (excludes halogenated alkanes) is 10. The topological polar surface area (TPSA) is 173 Å². The molecule has 0 amide bonds. The van der Waals surface area contributed by atoms with Gasteiger partial charge in [0.1, 0.15) is 0 Å². The maximum atomic E-state index is 11.2. The van der Waals surface area contributed by atoms with E-state index < -0.39 is 45.1 Å². The van der Waals surface area contributed by atoms with E-state index >= 15 is 0 Å². The van der Waals surface area contributed by atoms with Crippen molar-refractivity contribution in [1.82, 2.24) is 9.44 Å². The minimum absolute atomic E-state index is 0. The van der Waals surface area contributed by atoms with Gasteiger partial charge in [-0.05, 0) is 12.8 Å². The van der Waals surface area contributed by atoms with E-state index in [-0.39, 0.29) is 49.2 Å². The summed E-state index contributed by atoms with van der Waals surface area (Å²) in [6, 6.07) is 0. The summed E-state index contributed by atoms with van der Waals surface area (Å²) in [6.45, 7) is 2.96. The largest absolute Gasteiger partial charge is 2.00 e. The van der Waals surface area contributed by atoms with Crippen molar-refractivity contribution < 1.29 is 36.6 Å². The average molecular weight is 541 g/mol. The van der Waals surface area contributed by atoms with Crippen LogP contribution >= 0.6 is 0 Å². The Morgan fingerprint density at radius 2 is 0.848 bits per heavy atom. The fourth-order valence-electron chi connectivity index (χ4n) is 2.63. The second kappa shape index (κ2) is 23.7. The number of hydrogen-bond acceptors (Lipinski definition) is 8. The van der Waals surface area contributed by atoms with Gasteiger partial charge in [-0.15, -0.1) is 0 Å². The van der Waals surface area contributed by atoms with Crippen molar-refractivity contribution in [1.29, 1.82) is 0 Å². The van der Waals surface area contributed by atoms with E-state index in [0.29, 0.717) is 12.8 Å². The van der Waals surface area contributed by atoms with E-state index in [0.717, 1.165) is 51.4 Å². The van der Waals surface area contributed by atoms with Gasteiger partial charge in [0, 0.05) is 0 Å². The van der Waals surface area contributed by atoms with Crippen molar-refractivity contribution in [3.63, 3.8) is 0 Å². The van der Waals surface area contributed by atoms with Crippen LogP contribution in [0.5, 0.6) is 0 Å². The summed E-state index contributed by atoms with van der Waals surface area (Å²) >= 11 is 0. The third-order valence-corrected chi connectivity index (χ3v) is 7.23. The fourth-order valence-corrected chi connectivity index (χ4v) is 4.76. The van der Waals surface area contributed by atoms with Crippen LogP contribution in [0, 0.1) is 0 Å². The predicted molar refractivity (Wildman–Crippen MR) is 126 cm³/mol. The summed E-state index contributed by atoms with van der Waals surface area (Å²) in [4.78, 5) is 20.1. The molecule has 0 saturated heterocycles. The van der Waals surface area contributed by atoms with E-state index in [9.17, 15) is 36.6 Å². The first kappa shape index (κ1) is 37.6. The molecule has 0 radical (unpaired) electrons. The Bertz CT molecular complexity index is 641. The summed E-state index contributed by atoms with van der Waals surface area (Å²) in [5, 5.41) is 20.1. The molecule has 0 fully saturated rings. The van der Waals surface area contributed by atoms with Gasteiger partial charge < -0.3 is 19.8 Å². The maximum Gasteiger partial charge on any atom is 2.00 e. The van der Waals surface area contributed by atoms with Crippen molar-refractivity contribution in [2.45, 2.75) is 90.9 Å². The molecule has 0 atom stereocenters. The molecule has 0 aromatic carbocycles. The van der Waals surface area contributed by atoms with Crippen LogP contribution < -0.4 is 19.7 Å². The number of hydrogen-bond donors (Lipinski definition) is 2. The monoisotopic (exact) mass is 540 g/mol. The summed E-state index contributed by atoms with van der Waals surface area (Å²) in [7, 11) is -6.88. The normalized spacial score (nSPS) is 11.2. The molecule has 0 rings (SSSR count). The van der Waals surface area contributed by atoms with Crippen LogP contribution in [0.3, 0.4) is 0 Å². The summed E-state index contributed by atoms with van der Waals surface area (Å²) in [5.74, 6) is -2.84. The molecule has 0 unspecified atom stereocenters. The summed E-state index contributed by atoms with van der Waals surface area (Å²) in [5.41, 5.74) is 0.